The molecule has 7 N–H and O–H groups in total. The molecule has 32 heavy (non-hydrogen) atoms. The number of hydrogen-bond donors (Lipinski definition) is 6. The van der Waals surface area contributed by atoms with Gasteiger partial charge in [-0.1, -0.05) is 83.3 Å². The molecular weight excluding hydrogens is 414 g/mol. The van der Waals surface area contributed by atoms with Crippen LogP contribution in [0.2, 0.25) is 0 Å². The summed E-state index contributed by atoms with van der Waals surface area (Å²) in [6.45, 7) is 1.60. The van der Waals surface area contributed by atoms with E-state index in [-0.39, 0.29) is 6.61 Å². The van der Waals surface area contributed by atoms with Crippen molar-refractivity contribution < 1.29 is 35.0 Å². The quantitative estimate of drug-likeness (QED) is 0.134. The molecule has 1 fully saturated rings. The van der Waals surface area contributed by atoms with E-state index < -0.39 is 49.5 Å². The summed E-state index contributed by atoms with van der Waals surface area (Å²) in [6, 6.07) is -0.740. The molecule has 190 valence electrons. The number of aliphatic hydroxyl groups excluding tert-OH is 5. The molecule has 0 bridgehead atoms. The number of nitrogens with two attached hydrogens (primary N) is 1. The Hall–Kier alpha value is -0.580. The molecule has 1 aliphatic rings. The van der Waals surface area contributed by atoms with Gasteiger partial charge in [-0.05, 0) is 12.8 Å². The lowest BCUT2D eigenvalue weighted by Crippen LogP contribution is -2.59. The highest BCUT2D eigenvalue weighted by atomic mass is 16.7. The SMILES string of the molecule is CCCCCCCCCCCCC/C=C/[C@@H](O)[C@@H](N)COC1O[C@H](CO)[C@H](O)[C@H](O)[C@H]1O. The fourth-order valence-corrected chi connectivity index (χ4v) is 3.81. The normalized spacial score (nSPS) is 28.3. The molecule has 1 aliphatic heterocycles. The standard InChI is InChI=1S/C24H47NO7/c1-2-3-4-5-6-7-8-9-10-11-12-13-14-15-19(27)18(25)17-31-24-23(30)22(29)21(28)20(16-26)32-24/h14-15,18-24,26-30H,2-13,16-17,25H2,1H3/b15-14+/t18-,19+,20+,21-,22-,23+,24?/m0/s1. The van der Waals surface area contributed by atoms with Gasteiger partial charge in [0.2, 0.25) is 0 Å². The molecule has 0 spiro atoms. The minimum absolute atomic E-state index is 0.118. The van der Waals surface area contributed by atoms with Crippen LogP contribution in [-0.4, -0.2) is 81.6 Å². The van der Waals surface area contributed by atoms with Crippen LogP contribution in [0.4, 0.5) is 0 Å². The Morgan fingerprint density at radius 1 is 0.875 bits per heavy atom. The molecule has 0 aliphatic carbocycles. The van der Waals surface area contributed by atoms with Gasteiger partial charge in [0.05, 0.1) is 25.4 Å². The van der Waals surface area contributed by atoms with Crippen molar-refractivity contribution in [3.05, 3.63) is 12.2 Å². The van der Waals surface area contributed by atoms with Crippen molar-refractivity contribution in [1.29, 1.82) is 0 Å². The Morgan fingerprint density at radius 3 is 2.00 bits per heavy atom. The van der Waals surface area contributed by atoms with E-state index in [2.05, 4.69) is 6.92 Å². The minimum Gasteiger partial charge on any atom is -0.394 e. The first kappa shape index (κ1) is 29.5. The maximum atomic E-state index is 10.2. The van der Waals surface area contributed by atoms with Crippen molar-refractivity contribution in [2.45, 2.75) is 127 Å². The van der Waals surface area contributed by atoms with E-state index in [1.165, 1.54) is 64.2 Å². The molecule has 0 aromatic rings. The number of hydrogen-bond acceptors (Lipinski definition) is 8. The summed E-state index contributed by atoms with van der Waals surface area (Å²) in [5.41, 5.74) is 5.93. The largest absolute Gasteiger partial charge is 0.394 e. The highest BCUT2D eigenvalue weighted by molar-refractivity contribution is 4.94. The van der Waals surface area contributed by atoms with Crippen molar-refractivity contribution in [3.8, 4) is 0 Å². The van der Waals surface area contributed by atoms with E-state index in [9.17, 15) is 25.5 Å². The minimum atomic E-state index is -1.50. The molecule has 0 amide bonds. The van der Waals surface area contributed by atoms with Gasteiger partial charge in [0.25, 0.3) is 0 Å². The summed E-state index contributed by atoms with van der Waals surface area (Å²) in [6.07, 6.45) is 11.1. The maximum Gasteiger partial charge on any atom is 0.186 e. The highest BCUT2D eigenvalue weighted by Gasteiger charge is 2.44. The lowest BCUT2D eigenvalue weighted by Gasteiger charge is -2.39. The first-order valence-electron chi connectivity index (χ1n) is 12.4. The molecule has 8 heteroatoms. The number of rotatable bonds is 18. The predicted molar refractivity (Wildman–Crippen MR) is 124 cm³/mol. The van der Waals surface area contributed by atoms with Gasteiger partial charge in [0.1, 0.15) is 24.4 Å². The van der Waals surface area contributed by atoms with Crippen molar-refractivity contribution >= 4 is 0 Å². The Kier molecular flexibility index (Phi) is 16.4. The van der Waals surface area contributed by atoms with Crippen LogP contribution in [0.3, 0.4) is 0 Å². The van der Waals surface area contributed by atoms with Gasteiger partial charge >= 0.3 is 0 Å². The van der Waals surface area contributed by atoms with Crippen LogP contribution in [0.5, 0.6) is 0 Å². The summed E-state index contributed by atoms with van der Waals surface area (Å²) in [7, 11) is 0. The molecule has 1 saturated heterocycles. The lowest BCUT2D eigenvalue weighted by atomic mass is 9.99. The molecule has 1 heterocycles. The average Bonchev–Trinajstić information content (AvgIpc) is 2.79. The molecular formula is C24H47NO7. The third-order valence-electron chi connectivity index (χ3n) is 6.05. The van der Waals surface area contributed by atoms with E-state index in [0.717, 1.165) is 12.8 Å². The fourth-order valence-electron chi connectivity index (χ4n) is 3.81. The van der Waals surface area contributed by atoms with E-state index in [1.807, 2.05) is 6.08 Å². The fraction of sp³-hybridized carbons (Fsp3) is 0.917. The Morgan fingerprint density at radius 2 is 1.44 bits per heavy atom. The van der Waals surface area contributed by atoms with Crippen molar-refractivity contribution in [2.75, 3.05) is 13.2 Å². The van der Waals surface area contributed by atoms with Gasteiger partial charge in [0, 0.05) is 0 Å². The second kappa shape index (κ2) is 17.8. The zero-order valence-corrected chi connectivity index (χ0v) is 19.7. The van der Waals surface area contributed by atoms with E-state index in [1.54, 1.807) is 6.08 Å². The van der Waals surface area contributed by atoms with E-state index in [4.69, 9.17) is 15.2 Å². The average molecular weight is 462 g/mol. The molecule has 8 nitrogen and oxygen atoms in total. The Bertz CT molecular complexity index is 477. The third kappa shape index (κ3) is 11.5. The number of unbranched alkanes of at least 4 members (excludes halogenated alkanes) is 11. The van der Waals surface area contributed by atoms with E-state index >= 15 is 0 Å². The van der Waals surface area contributed by atoms with Gasteiger partial charge in [-0.2, -0.15) is 0 Å². The number of allylic oxidation sites excluding steroid dienone is 1. The zero-order chi connectivity index (χ0) is 23.8. The smallest absolute Gasteiger partial charge is 0.186 e. The van der Waals surface area contributed by atoms with Crippen LogP contribution in [0.1, 0.15) is 84.0 Å². The highest BCUT2D eigenvalue weighted by Crippen LogP contribution is 2.22. The predicted octanol–water partition coefficient (Wildman–Crippen LogP) is 1.75. The molecule has 1 rings (SSSR count). The molecule has 0 radical (unpaired) electrons. The van der Waals surface area contributed by atoms with Gasteiger partial charge in [-0.25, -0.2) is 0 Å². The van der Waals surface area contributed by atoms with Crippen LogP contribution in [0, 0.1) is 0 Å². The summed E-state index contributed by atoms with van der Waals surface area (Å²) in [4.78, 5) is 0. The Labute approximate surface area is 193 Å². The van der Waals surface area contributed by atoms with Crippen molar-refractivity contribution in [1.82, 2.24) is 0 Å². The molecule has 0 aromatic heterocycles. The lowest BCUT2D eigenvalue weighted by molar-refractivity contribution is -0.302. The van der Waals surface area contributed by atoms with E-state index in [0.29, 0.717) is 0 Å². The summed E-state index contributed by atoms with van der Waals surface area (Å²) >= 11 is 0. The van der Waals surface area contributed by atoms with Crippen LogP contribution in [0.25, 0.3) is 0 Å². The van der Waals surface area contributed by atoms with Gasteiger partial charge in [-0.3, -0.25) is 0 Å². The molecule has 7 atom stereocenters. The number of aliphatic hydroxyl groups is 5. The Balaban J connectivity index is 2.10. The summed E-state index contributed by atoms with van der Waals surface area (Å²) in [5.74, 6) is 0. The maximum absolute atomic E-state index is 10.2. The summed E-state index contributed by atoms with van der Waals surface area (Å²) < 4.78 is 10.6. The molecule has 0 saturated carbocycles. The second-order valence-electron chi connectivity index (χ2n) is 8.94. The molecule has 0 aromatic carbocycles. The zero-order valence-electron chi connectivity index (χ0n) is 19.7. The van der Waals surface area contributed by atoms with Gasteiger partial charge < -0.3 is 40.7 Å². The van der Waals surface area contributed by atoms with Crippen LogP contribution in [0.15, 0.2) is 12.2 Å². The second-order valence-corrected chi connectivity index (χ2v) is 8.94. The number of ether oxygens (including phenoxy) is 2. The van der Waals surface area contributed by atoms with Crippen LogP contribution in [-0.2, 0) is 9.47 Å². The first-order chi connectivity index (χ1) is 15.4. The third-order valence-corrected chi connectivity index (χ3v) is 6.05. The first-order valence-corrected chi connectivity index (χ1v) is 12.4. The van der Waals surface area contributed by atoms with Crippen molar-refractivity contribution in [3.63, 3.8) is 0 Å². The molecule has 1 unspecified atom stereocenters. The van der Waals surface area contributed by atoms with Gasteiger partial charge in [0.15, 0.2) is 6.29 Å². The van der Waals surface area contributed by atoms with Crippen LogP contribution >= 0.6 is 0 Å². The topological polar surface area (TPSA) is 146 Å². The van der Waals surface area contributed by atoms with Gasteiger partial charge in [-0.15, -0.1) is 0 Å². The monoisotopic (exact) mass is 461 g/mol. The van der Waals surface area contributed by atoms with Crippen LogP contribution < -0.4 is 5.73 Å². The summed E-state index contributed by atoms with van der Waals surface area (Å²) in [5, 5.41) is 48.8. The van der Waals surface area contributed by atoms with Crippen molar-refractivity contribution in [2.24, 2.45) is 5.73 Å².